The predicted octanol–water partition coefficient (Wildman–Crippen LogP) is 23.8. The molecule has 3 aliphatic carbocycles. The van der Waals surface area contributed by atoms with Gasteiger partial charge >= 0.3 is 0 Å². The standard InChI is InChI=1S/2C6H12.C5H10.C4H9N.C4H8O.4C4H10.C3H8.8C2H6/c1-5(2)6-3-4-6;1-2-4-6-5-3-1;3*1-2-4-5-3-1;4*1-4(2)3;1-3-2;8*1-2/h5-6H,3-4H2,1-2H3;1-6H2;1-5H2;5H,1-4H2;1-4H2;4*4H,1-3H3;3H2,1-2H3;8*1-2H3. The van der Waals surface area contributed by atoms with Crippen molar-refractivity contribution in [2.45, 2.75) is 337 Å². The van der Waals surface area contributed by atoms with Crippen LogP contribution in [0.2, 0.25) is 0 Å². The molecule has 62 heavy (non-hydrogen) atoms. The lowest BCUT2D eigenvalue weighted by Crippen LogP contribution is -2.03. The van der Waals surface area contributed by atoms with Gasteiger partial charge in [0.05, 0.1) is 0 Å². The van der Waals surface area contributed by atoms with Crippen LogP contribution in [-0.2, 0) is 4.74 Å². The minimum absolute atomic E-state index is 0.833. The molecule has 0 aromatic carbocycles. The molecule has 0 unspecified atom stereocenters. The zero-order chi connectivity index (χ0) is 52.4. The molecule has 2 aliphatic heterocycles. The molecule has 0 amide bonds. The summed E-state index contributed by atoms with van der Waals surface area (Å²) in [5.41, 5.74) is 0. The van der Waals surface area contributed by atoms with Crippen molar-refractivity contribution in [1.82, 2.24) is 5.32 Å². The Kier molecular flexibility index (Phi) is 193. The van der Waals surface area contributed by atoms with E-state index in [0.717, 1.165) is 48.7 Å². The fourth-order valence-electron chi connectivity index (χ4n) is 3.84. The first-order chi connectivity index (χ1) is 29.6. The minimum Gasteiger partial charge on any atom is -0.381 e. The number of hydrogen-bond donors (Lipinski definition) is 1. The van der Waals surface area contributed by atoms with Crippen molar-refractivity contribution in [1.29, 1.82) is 0 Å². The summed E-state index contributed by atoms with van der Waals surface area (Å²) in [6, 6.07) is 0. The summed E-state index contributed by atoms with van der Waals surface area (Å²) in [6.07, 6.45) is 26.1. The molecule has 2 nitrogen and oxygen atoms in total. The van der Waals surface area contributed by atoms with Crippen LogP contribution in [0.15, 0.2) is 0 Å². The van der Waals surface area contributed by atoms with Crippen molar-refractivity contribution in [3.05, 3.63) is 0 Å². The predicted molar refractivity (Wildman–Crippen MR) is 309 cm³/mol. The van der Waals surface area contributed by atoms with Crippen LogP contribution in [0.4, 0.5) is 0 Å². The monoisotopic (exact) mass is 898 g/mol. The van der Waals surface area contributed by atoms with Crippen molar-refractivity contribution in [3.63, 3.8) is 0 Å². The Morgan fingerprint density at radius 2 is 0.484 bits per heavy atom. The highest BCUT2D eigenvalue weighted by Gasteiger charge is 2.23. The first kappa shape index (κ1) is 96.0. The van der Waals surface area contributed by atoms with Gasteiger partial charge in [-0.05, 0) is 87.1 Å². The van der Waals surface area contributed by atoms with E-state index in [0.29, 0.717) is 0 Å². The molecule has 1 N–H and O–H groups in total. The third kappa shape index (κ3) is 267. The summed E-state index contributed by atoms with van der Waals surface area (Å²) in [6.45, 7) is 71.4. The molecule has 0 bridgehead atoms. The minimum atomic E-state index is 0.833. The molecule has 5 fully saturated rings. The summed E-state index contributed by atoms with van der Waals surface area (Å²) < 4.78 is 4.94. The van der Waals surface area contributed by atoms with E-state index in [1.165, 1.54) is 129 Å². The molecule has 0 atom stereocenters. The van der Waals surface area contributed by atoms with Crippen LogP contribution in [0, 0.1) is 35.5 Å². The lowest BCUT2D eigenvalue weighted by Gasteiger charge is -2.05. The zero-order valence-electron chi connectivity index (χ0n) is 51.9. The Hall–Kier alpha value is -0.0800. The molecule has 3 saturated carbocycles. The lowest BCUT2D eigenvalue weighted by atomic mass is 10.0. The van der Waals surface area contributed by atoms with Crippen molar-refractivity contribution in [3.8, 4) is 0 Å². The van der Waals surface area contributed by atoms with Gasteiger partial charge in [-0.25, -0.2) is 0 Å². The maximum absolute atomic E-state index is 4.94. The van der Waals surface area contributed by atoms with Crippen LogP contribution < -0.4 is 5.32 Å². The number of rotatable bonds is 1. The van der Waals surface area contributed by atoms with Gasteiger partial charge in [0.25, 0.3) is 0 Å². The maximum atomic E-state index is 4.94. The molecule has 2 heteroatoms. The highest BCUT2D eigenvalue weighted by molar-refractivity contribution is 4.75. The summed E-state index contributed by atoms with van der Waals surface area (Å²) in [7, 11) is 0. The van der Waals surface area contributed by atoms with E-state index >= 15 is 0 Å². The topological polar surface area (TPSA) is 21.3 Å². The molecule has 0 radical (unpaired) electrons. The summed E-state index contributed by atoms with van der Waals surface area (Å²) >= 11 is 0. The highest BCUT2D eigenvalue weighted by atomic mass is 16.5. The van der Waals surface area contributed by atoms with Gasteiger partial charge < -0.3 is 10.1 Å². The summed E-state index contributed by atoms with van der Waals surface area (Å²) in [5.74, 6) is 5.40. The second-order valence-electron chi connectivity index (χ2n) is 16.9. The van der Waals surface area contributed by atoms with E-state index in [1.807, 2.05) is 111 Å². The van der Waals surface area contributed by atoms with Gasteiger partial charge in [0.15, 0.2) is 0 Å². The molecule has 2 heterocycles. The quantitative estimate of drug-likeness (QED) is 0.283. The second-order valence-corrected chi connectivity index (χ2v) is 16.9. The summed E-state index contributed by atoms with van der Waals surface area (Å²) in [4.78, 5) is 0. The van der Waals surface area contributed by atoms with Crippen LogP contribution in [0.5, 0.6) is 0 Å². The van der Waals surface area contributed by atoms with Crippen molar-refractivity contribution >= 4 is 0 Å². The summed E-state index contributed by atoms with van der Waals surface area (Å²) in [5, 5.41) is 3.22. The van der Waals surface area contributed by atoms with E-state index < -0.39 is 0 Å². The number of nitrogens with one attached hydrogen (secondary N) is 1. The van der Waals surface area contributed by atoms with Gasteiger partial charge in [-0.1, -0.05) is 299 Å². The van der Waals surface area contributed by atoms with Crippen molar-refractivity contribution in [2.75, 3.05) is 26.3 Å². The molecule has 398 valence electrons. The van der Waals surface area contributed by atoms with E-state index in [9.17, 15) is 0 Å². The molecule has 2 saturated heterocycles. The zero-order valence-corrected chi connectivity index (χ0v) is 51.9. The molecule has 5 aliphatic rings. The van der Waals surface area contributed by atoms with Crippen LogP contribution in [0.1, 0.15) is 337 Å². The lowest BCUT2D eigenvalue weighted by molar-refractivity contribution is 0.198. The molecular weight excluding hydrogens is 751 g/mol. The molecule has 0 aromatic rings. The Balaban J connectivity index is -0.0000000379. The first-order valence-corrected chi connectivity index (χ1v) is 28.9. The van der Waals surface area contributed by atoms with Crippen LogP contribution in [-0.4, -0.2) is 26.3 Å². The van der Waals surface area contributed by atoms with E-state index in [-0.39, 0.29) is 0 Å². The van der Waals surface area contributed by atoms with Gasteiger partial charge in [0, 0.05) is 13.2 Å². The third-order valence-corrected chi connectivity index (χ3v) is 6.10. The van der Waals surface area contributed by atoms with E-state index in [4.69, 9.17) is 4.74 Å². The van der Waals surface area contributed by atoms with Gasteiger partial charge in [-0.3, -0.25) is 0 Å². The number of hydrogen-bond acceptors (Lipinski definition) is 2. The number of ether oxygens (including phenoxy) is 1. The molecule has 0 aromatic heterocycles. The van der Waals surface area contributed by atoms with Gasteiger partial charge in [0.2, 0.25) is 0 Å². The van der Waals surface area contributed by atoms with Gasteiger partial charge in [-0.15, -0.1) is 0 Å². The Bertz CT molecular complexity index is 345. The average Bonchev–Trinajstić information content (AvgIpc) is 3.79. The van der Waals surface area contributed by atoms with Gasteiger partial charge in [0.1, 0.15) is 0 Å². The molecule has 0 spiro atoms. The normalized spacial score (nSPS) is 13.7. The average molecular weight is 899 g/mol. The van der Waals surface area contributed by atoms with E-state index in [1.54, 1.807) is 0 Å². The Labute approximate surface area is 407 Å². The fraction of sp³-hybridized carbons (Fsp3) is 1.00. The smallest absolute Gasteiger partial charge is 0.0466 e. The van der Waals surface area contributed by atoms with Crippen LogP contribution >= 0.6 is 0 Å². The fourth-order valence-corrected chi connectivity index (χ4v) is 3.84. The largest absolute Gasteiger partial charge is 0.381 e. The van der Waals surface area contributed by atoms with Crippen molar-refractivity contribution < 1.29 is 4.74 Å². The Morgan fingerprint density at radius 3 is 0.532 bits per heavy atom. The highest BCUT2D eigenvalue weighted by Crippen LogP contribution is 2.35. The Morgan fingerprint density at radius 1 is 0.323 bits per heavy atom. The second kappa shape index (κ2) is 124. The third-order valence-electron chi connectivity index (χ3n) is 6.10. The van der Waals surface area contributed by atoms with Crippen LogP contribution in [0.25, 0.3) is 0 Å². The first-order valence-electron chi connectivity index (χ1n) is 28.9. The molecule has 5 rings (SSSR count). The van der Waals surface area contributed by atoms with E-state index in [2.05, 4.69) is 116 Å². The maximum Gasteiger partial charge on any atom is 0.0466 e. The van der Waals surface area contributed by atoms with Gasteiger partial charge in [-0.2, -0.15) is 0 Å². The SMILES string of the molecule is C1CCCC1.C1CCCCC1.C1CCNC1.C1CCOC1.CC.CC.CC.CC.CC.CC.CC.CC.CC(C)C.CC(C)C.CC(C)C.CC(C)C.CC(C)C1CC1.CCC. The van der Waals surface area contributed by atoms with Crippen LogP contribution in [0.3, 0.4) is 0 Å². The molecular formula is C60H147NO. The van der Waals surface area contributed by atoms with Crippen molar-refractivity contribution in [2.24, 2.45) is 35.5 Å².